The Morgan fingerprint density at radius 2 is 1.96 bits per heavy atom. The molecular weight excluding hydrogens is 364 g/mol. The summed E-state index contributed by atoms with van der Waals surface area (Å²) in [5.74, 6) is -0.407. The molecule has 144 valence electrons. The highest BCUT2D eigenvalue weighted by Gasteiger charge is 2.18. The van der Waals surface area contributed by atoms with Gasteiger partial charge >= 0.3 is 0 Å². The van der Waals surface area contributed by atoms with Crippen LogP contribution in [0.5, 0.6) is 0 Å². The molecule has 1 aromatic heterocycles. The first-order valence-corrected chi connectivity index (χ1v) is 9.15. The first kappa shape index (κ1) is 20.6. The van der Waals surface area contributed by atoms with E-state index in [1.807, 2.05) is 13.8 Å². The molecule has 0 saturated carbocycles. The number of aromatic nitrogens is 2. The minimum atomic E-state index is -0.299. The van der Waals surface area contributed by atoms with Crippen molar-refractivity contribution in [2.75, 3.05) is 26.7 Å². The zero-order valence-electron chi connectivity index (χ0n) is 15.8. The molecule has 2 rings (SSSR count). The van der Waals surface area contributed by atoms with Crippen molar-refractivity contribution in [1.29, 1.82) is 0 Å². The van der Waals surface area contributed by atoms with Crippen molar-refractivity contribution in [3.8, 4) is 0 Å². The molecule has 2 aromatic rings. The summed E-state index contributed by atoms with van der Waals surface area (Å²) >= 11 is 5.22. The molecular formula is C19H24N4O3S. The number of nitrogens with zero attached hydrogens (tertiary/aromatic N) is 3. The van der Waals surface area contributed by atoms with Gasteiger partial charge in [0.2, 0.25) is 5.91 Å². The van der Waals surface area contributed by atoms with Crippen molar-refractivity contribution in [1.82, 2.24) is 19.4 Å². The minimum Gasteiger partial charge on any atom is -0.342 e. The van der Waals surface area contributed by atoms with Gasteiger partial charge in [0.15, 0.2) is 4.77 Å². The predicted octanol–water partition coefficient (Wildman–Crippen LogP) is 2.19. The molecule has 27 heavy (non-hydrogen) atoms. The molecule has 0 saturated heterocycles. The summed E-state index contributed by atoms with van der Waals surface area (Å²) in [4.78, 5) is 43.4. The third-order valence-electron chi connectivity index (χ3n) is 4.38. The maximum absolute atomic E-state index is 12.7. The van der Waals surface area contributed by atoms with E-state index in [4.69, 9.17) is 12.2 Å². The molecule has 0 spiro atoms. The summed E-state index contributed by atoms with van der Waals surface area (Å²) in [5, 5.41) is 0.434. The summed E-state index contributed by atoms with van der Waals surface area (Å²) in [5.41, 5.74) is 0.626. The normalized spacial score (nSPS) is 10.6. The van der Waals surface area contributed by atoms with Gasteiger partial charge in [-0.3, -0.25) is 19.0 Å². The van der Waals surface area contributed by atoms with Crippen LogP contribution in [-0.2, 0) is 11.3 Å². The average molecular weight is 388 g/mol. The van der Waals surface area contributed by atoms with Crippen LogP contribution >= 0.6 is 12.2 Å². The Balaban J connectivity index is 2.33. The fourth-order valence-electron chi connectivity index (χ4n) is 2.85. The van der Waals surface area contributed by atoms with E-state index in [1.54, 1.807) is 36.2 Å². The first-order valence-electron chi connectivity index (χ1n) is 8.75. The summed E-state index contributed by atoms with van der Waals surface area (Å²) in [7, 11) is 1.58. The van der Waals surface area contributed by atoms with E-state index in [0.29, 0.717) is 36.1 Å². The number of nitrogens with one attached hydrogen (secondary N) is 1. The van der Waals surface area contributed by atoms with Crippen LogP contribution in [0.3, 0.4) is 0 Å². The van der Waals surface area contributed by atoms with Crippen molar-refractivity contribution in [3.05, 3.63) is 51.5 Å². The number of rotatable bonds is 7. The monoisotopic (exact) mass is 388 g/mol. The van der Waals surface area contributed by atoms with Crippen LogP contribution in [0.25, 0.3) is 10.9 Å². The van der Waals surface area contributed by atoms with E-state index in [0.717, 1.165) is 0 Å². The van der Waals surface area contributed by atoms with Crippen molar-refractivity contribution < 1.29 is 9.59 Å². The lowest BCUT2D eigenvalue weighted by atomic mass is 10.1. The molecule has 2 amide bonds. The maximum atomic E-state index is 12.7. The Morgan fingerprint density at radius 1 is 1.30 bits per heavy atom. The zero-order chi connectivity index (χ0) is 20.1. The number of H-pyrrole nitrogens is 1. The topological polar surface area (TPSA) is 78.4 Å². The number of aromatic amines is 1. The Bertz CT molecular complexity index is 989. The molecule has 0 atom stereocenters. The molecule has 1 heterocycles. The molecule has 0 radical (unpaired) electrons. The van der Waals surface area contributed by atoms with Gasteiger partial charge in [-0.05, 0) is 44.3 Å². The second kappa shape index (κ2) is 8.77. The third-order valence-corrected chi connectivity index (χ3v) is 4.70. The maximum Gasteiger partial charge on any atom is 0.262 e. The van der Waals surface area contributed by atoms with Crippen molar-refractivity contribution in [2.24, 2.45) is 0 Å². The summed E-state index contributed by atoms with van der Waals surface area (Å²) < 4.78 is 1.67. The van der Waals surface area contributed by atoms with Gasteiger partial charge < -0.3 is 14.8 Å². The van der Waals surface area contributed by atoms with Gasteiger partial charge in [0.05, 0.1) is 17.4 Å². The van der Waals surface area contributed by atoms with Gasteiger partial charge in [-0.1, -0.05) is 6.08 Å². The number of allylic oxidation sites excluding steroid dienone is 1. The standard InChI is InChI=1S/C19H24N4O3S/c1-5-10-23-18(26)14-9-8-13(11-15(14)20-19(23)27)17(25)21(4)12-16(24)22(6-2)7-3/h5,8-9,11H,1,6-7,10,12H2,2-4H3,(H,20,27). The highest BCUT2D eigenvalue weighted by molar-refractivity contribution is 7.71. The van der Waals surface area contributed by atoms with Gasteiger partial charge in [-0.2, -0.15) is 0 Å². The Kier molecular flexibility index (Phi) is 6.68. The number of fused-ring (bicyclic) bond motifs is 1. The molecule has 1 N–H and O–H groups in total. The molecule has 0 unspecified atom stereocenters. The Morgan fingerprint density at radius 3 is 2.56 bits per heavy atom. The van der Waals surface area contributed by atoms with Crippen molar-refractivity contribution in [3.63, 3.8) is 0 Å². The highest BCUT2D eigenvalue weighted by Crippen LogP contribution is 2.13. The van der Waals surface area contributed by atoms with Crippen LogP contribution in [0.1, 0.15) is 24.2 Å². The van der Waals surface area contributed by atoms with Crippen LogP contribution in [0.2, 0.25) is 0 Å². The van der Waals surface area contributed by atoms with E-state index in [9.17, 15) is 14.4 Å². The van der Waals surface area contributed by atoms with Gasteiger partial charge in [0.25, 0.3) is 11.5 Å². The van der Waals surface area contributed by atoms with Gasteiger partial charge in [0.1, 0.15) is 0 Å². The molecule has 8 heteroatoms. The summed E-state index contributed by atoms with van der Waals surface area (Å²) in [6, 6.07) is 4.76. The van der Waals surface area contributed by atoms with E-state index in [1.165, 1.54) is 9.47 Å². The van der Waals surface area contributed by atoms with E-state index in [-0.39, 0.29) is 28.7 Å². The number of amides is 2. The smallest absolute Gasteiger partial charge is 0.262 e. The molecule has 0 fully saturated rings. The average Bonchev–Trinajstić information content (AvgIpc) is 2.65. The first-order chi connectivity index (χ1) is 12.8. The van der Waals surface area contributed by atoms with Crippen molar-refractivity contribution >= 4 is 34.9 Å². The number of carbonyl (C=O) groups excluding carboxylic acids is 2. The van der Waals surface area contributed by atoms with Crippen LogP contribution in [0.15, 0.2) is 35.6 Å². The molecule has 0 aliphatic carbocycles. The number of benzene rings is 1. The largest absolute Gasteiger partial charge is 0.342 e. The van der Waals surface area contributed by atoms with E-state index >= 15 is 0 Å². The van der Waals surface area contributed by atoms with Crippen LogP contribution in [0.4, 0.5) is 0 Å². The number of hydrogen-bond acceptors (Lipinski definition) is 4. The molecule has 0 bridgehead atoms. The van der Waals surface area contributed by atoms with Crippen LogP contribution < -0.4 is 5.56 Å². The summed E-state index contributed by atoms with van der Waals surface area (Å²) in [6.07, 6.45) is 1.59. The minimum absolute atomic E-state index is 0.00448. The number of hydrogen-bond donors (Lipinski definition) is 1. The number of likely N-dealkylation sites (N-methyl/N-ethyl adjacent to an activating group) is 2. The second-order valence-corrected chi connectivity index (χ2v) is 6.51. The fraction of sp³-hybridized carbons (Fsp3) is 0.368. The third kappa shape index (κ3) is 4.33. The van der Waals surface area contributed by atoms with Gasteiger partial charge in [-0.15, -0.1) is 6.58 Å². The van der Waals surface area contributed by atoms with Crippen LogP contribution in [0, 0.1) is 4.77 Å². The Hall–Kier alpha value is -2.74. The summed E-state index contributed by atoms with van der Waals surface area (Å²) in [6.45, 7) is 8.91. The molecule has 0 aliphatic rings. The molecule has 7 nitrogen and oxygen atoms in total. The van der Waals surface area contributed by atoms with Gasteiger partial charge in [0, 0.05) is 32.2 Å². The highest BCUT2D eigenvalue weighted by atomic mass is 32.1. The predicted molar refractivity (Wildman–Crippen MR) is 108 cm³/mol. The fourth-order valence-corrected chi connectivity index (χ4v) is 3.12. The quantitative estimate of drug-likeness (QED) is 0.583. The second-order valence-electron chi connectivity index (χ2n) is 6.12. The lowest BCUT2D eigenvalue weighted by Crippen LogP contribution is -2.41. The lowest BCUT2D eigenvalue weighted by Gasteiger charge is -2.23. The lowest BCUT2D eigenvalue weighted by molar-refractivity contribution is -0.131. The molecule has 1 aromatic carbocycles. The number of carbonyl (C=O) groups is 2. The SMILES string of the molecule is C=CCn1c(=S)[nH]c2cc(C(=O)N(C)CC(=O)N(CC)CC)ccc2c1=O. The van der Waals surface area contributed by atoms with E-state index in [2.05, 4.69) is 11.6 Å². The zero-order valence-corrected chi connectivity index (χ0v) is 16.6. The van der Waals surface area contributed by atoms with Gasteiger partial charge in [-0.25, -0.2) is 0 Å². The van der Waals surface area contributed by atoms with Crippen LogP contribution in [-0.4, -0.2) is 57.8 Å². The Labute approximate surface area is 162 Å². The van der Waals surface area contributed by atoms with Crippen molar-refractivity contribution in [2.45, 2.75) is 20.4 Å². The van der Waals surface area contributed by atoms with E-state index < -0.39 is 0 Å². The molecule has 0 aliphatic heterocycles.